The molecule has 0 spiro atoms. The van der Waals surface area contributed by atoms with E-state index in [0.717, 1.165) is 16.1 Å². The third-order valence-corrected chi connectivity index (χ3v) is 3.96. The van der Waals surface area contributed by atoms with Crippen LogP contribution >= 0.6 is 11.3 Å². The lowest BCUT2D eigenvalue weighted by Gasteiger charge is -2.04. The van der Waals surface area contributed by atoms with Crippen LogP contribution in [0.1, 0.15) is 0 Å². The highest BCUT2D eigenvalue weighted by molar-refractivity contribution is 7.18. The number of aliphatic imine (C=N–C) groups is 1. The van der Waals surface area contributed by atoms with Crippen molar-refractivity contribution in [3.63, 3.8) is 0 Å². The molecule has 0 saturated carbocycles. The number of hydrogen-bond acceptors (Lipinski definition) is 5. The number of thiazole rings is 1. The zero-order valence-corrected chi connectivity index (χ0v) is 13.0. The van der Waals surface area contributed by atoms with Gasteiger partial charge in [-0.3, -0.25) is 4.79 Å². The summed E-state index contributed by atoms with van der Waals surface area (Å²) in [4.78, 5) is 20.5. The Bertz CT molecular complexity index is 825. The van der Waals surface area contributed by atoms with Crippen LogP contribution in [0.4, 0.5) is 16.5 Å². The number of nitrogens with zero attached hydrogens (tertiary/aromatic N) is 2. The van der Waals surface area contributed by atoms with Gasteiger partial charge in [0.1, 0.15) is 0 Å². The number of para-hydroxylation sites is 1. The molecule has 1 heterocycles. The molecule has 1 aromatic heterocycles. The molecule has 0 saturated heterocycles. The molecule has 0 radical (unpaired) electrons. The summed E-state index contributed by atoms with van der Waals surface area (Å²) in [7, 11) is 0. The average Bonchev–Trinajstić information content (AvgIpc) is 3.02. The molecule has 2 aromatic carbocycles. The van der Waals surface area contributed by atoms with Gasteiger partial charge in [0, 0.05) is 11.9 Å². The van der Waals surface area contributed by atoms with E-state index in [-0.39, 0.29) is 5.84 Å². The van der Waals surface area contributed by atoms with Gasteiger partial charge in [-0.25, -0.2) is 9.98 Å². The van der Waals surface area contributed by atoms with E-state index in [1.54, 1.807) is 6.20 Å². The molecule has 3 N–H and O–H groups in total. The largest absolute Gasteiger partial charge is 0.375 e. The van der Waals surface area contributed by atoms with Crippen molar-refractivity contribution < 1.29 is 4.79 Å². The summed E-state index contributed by atoms with van der Waals surface area (Å²) < 4.78 is 0. The number of amidine groups is 1. The molecule has 0 atom stereocenters. The minimum atomic E-state index is 0.256. The molecule has 6 heteroatoms. The van der Waals surface area contributed by atoms with Crippen LogP contribution < -0.4 is 11.1 Å². The molecule has 0 bridgehead atoms. The highest BCUT2D eigenvalue weighted by atomic mass is 32.1. The number of hydrogen-bond donors (Lipinski definition) is 2. The fraction of sp³-hybridized carbons (Fsp3) is 0. The number of aldehydes is 1. The summed E-state index contributed by atoms with van der Waals surface area (Å²) in [6.07, 6.45) is 2.44. The Kier molecular flexibility index (Phi) is 4.44. The molecule has 3 rings (SSSR count). The van der Waals surface area contributed by atoms with E-state index in [9.17, 15) is 4.79 Å². The Labute approximate surface area is 137 Å². The van der Waals surface area contributed by atoms with Crippen molar-refractivity contribution in [2.75, 3.05) is 11.1 Å². The summed E-state index contributed by atoms with van der Waals surface area (Å²) in [5.41, 5.74) is 8.16. The number of aromatic nitrogens is 1. The standard InChI is InChI=1S/C17H14N4OS/c18-17-19-10-15(23-17)12-6-8-14(9-7-12)21-16(11-22)20-13-4-2-1-3-5-13/h1-11H,(H2,18,19)(H,20,21). The van der Waals surface area contributed by atoms with Crippen molar-refractivity contribution in [2.24, 2.45) is 4.99 Å². The van der Waals surface area contributed by atoms with Crippen molar-refractivity contribution in [2.45, 2.75) is 0 Å². The van der Waals surface area contributed by atoms with Gasteiger partial charge in [0.15, 0.2) is 17.3 Å². The number of nitrogens with two attached hydrogens (primary N) is 1. The SMILES string of the molecule is Nc1ncc(-c2ccc(N=C(C=O)Nc3ccccc3)cc2)s1. The van der Waals surface area contributed by atoms with E-state index in [1.807, 2.05) is 54.6 Å². The zero-order valence-electron chi connectivity index (χ0n) is 12.1. The van der Waals surface area contributed by atoms with Crippen LogP contribution in [0.25, 0.3) is 10.4 Å². The number of nitrogens with one attached hydrogen (secondary N) is 1. The quantitative estimate of drug-likeness (QED) is 0.436. The number of carbonyl (C=O) groups is 1. The second-order valence-electron chi connectivity index (χ2n) is 4.72. The molecule has 3 aromatic rings. The molecule has 5 nitrogen and oxygen atoms in total. The van der Waals surface area contributed by atoms with E-state index in [0.29, 0.717) is 17.1 Å². The van der Waals surface area contributed by atoms with Crippen molar-refractivity contribution in [1.82, 2.24) is 4.98 Å². The summed E-state index contributed by atoms with van der Waals surface area (Å²) in [5, 5.41) is 3.52. The van der Waals surface area contributed by atoms with E-state index in [1.165, 1.54) is 11.3 Å². The number of carbonyl (C=O) groups excluding carboxylic acids is 1. The van der Waals surface area contributed by atoms with Crippen LogP contribution in [-0.4, -0.2) is 17.1 Å². The smallest absolute Gasteiger partial charge is 0.185 e. The molecule has 114 valence electrons. The Hall–Kier alpha value is -2.99. The predicted octanol–water partition coefficient (Wildman–Crippen LogP) is 3.73. The lowest BCUT2D eigenvalue weighted by atomic mass is 10.2. The Balaban J connectivity index is 1.79. The second kappa shape index (κ2) is 6.85. The van der Waals surface area contributed by atoms with Crippen LogP contribution in [0.15, 0.2) is 65.8 Å². The number of benzene rings is 2. The maximum Gasteiger partial charge on any atom is 0.185 e. The van der Waals surface area contributed by atoms with Crippen LogP contribution in [0.5, 0.6) is 0 Å². The van der Waals surface area contributed by atoms with Crippen molar-refractivity contribution in [3.8, 4) is 10.4 Å². The molecule has 23 heavy (non-hydrogen) atoms. The summed E-state index contributed by atoms with van der Waals surface area (Å²) in [6.45, 7) is 0. The van der Waals surface area contributed by atoms with Crippen molar-refractivity contribution in [3.05, 3.63) is 60.8 Å². The fourth-order valence-electron chi connectivity index (χ4n) is 2.01. The van der Waals surface area contributed by atoms with Gasteiger partial charge in [0.2, 0.25) is 0 Å². The van der Waals surface area contributed by atoms with Gasteiger partial charge in [0.25, 0.3) is 0 Å². The maximum absolute atomic E-state index is 11.2. The van der Waals surface area contributed by atoms with Gasteiger partial charge >= 0.3 is 0 Å². The van der Waals surface area contributed by atoms with Gasteiger partial charge in [-0.2, -0.15) is 0 Å². The van der Waals surface area contributed by atoms with Gasteiger partial charge in [-0.1, -0.05) is 41.7 Å². The Morgan fingerprint density at radius 2 is 1.87 bits per heavy atom. The molecule has 0 fully saturated rings. The number of anilines is 2. The van der Waals surface area contributed by atoms with Crippen LogP contribution in [0.3, 0.4) is 0 Å². The van der Waals surface area contributed by atoms with Gasteiger partial charge in [-0.05, 0) is 29.8 Å². The predicted molar refractivity (Wildman–Crippen MR) is 95.2 cm³/mol. The first-order valence-corrected chi connectivity index (χ1v) is 7.74. The van der Waals surface area contributed by atoms with E-state index in [2.05, 4.69) is 15.3 Å². The zero-order chi connectivity index (χ0) is 16.1. The summed E-state index contributed by atoms with van der Waals surface area (Å²) in [6, 6.07) is 17.0. The second-order valence-corrected chi connectivity index (χ2v) is 5.78. The molecular weight excluding hydrogens is 308 g/mol. The average molecular weight is 322 g/mol. The topological polar surface area (TPSA) is 80.4 Å². The first-order valence-electron chi connectivity index (χ1n) is 6.92. The van der Waals surface area contributed by atoms with E-state index >= 15 is 0 Å². The molecular formula is C17H14N4OS. The monoisotopic (exact) mass is 322 g/mol. The van der Waals surface area contributed by atoms with Crippen LogP contribution in [0, 0.1) is 0 Å². The van der Waals surface area contributed by atoms with Crippen LogP contribution in [-0.2, 0) is 4.79 Å². The molecule has 0 unspecified atom stereocenters. The lowest BCUT2D eigenvalue weighted by Crippen LogP contribution is -2.12. The third-order valence-electron chi connectivity index (χ3n) is 3.08. The molecule has 0 aliphatic carbocycles. The number of rotatable bonds is 4. The first-order chi connectivity index (χ1) is 11.2. The maximum atomic E-state index is 11.2. The minimum Gasteiger partial charge on any atom is -0.375 e. The molecule has 0 aliphatic heterocycles. The van der Waals surface area contributed by atoms with Gasteiger partial charge in [-0.15, -0.1) is 0 Å². The van der Waals surface area contributed by atoms with E-state index in [4.69, 9.17) is 5.73 Å². The van der Waals surface area contributed by atoms with Crippen LogP contribution in [0.2, 0.25) is 0 Å². The van der Waals surface area contributed by atoms with Crippen molar-refractivity contribution in [1.29, 1.82) is 0 Å². The Morgan fingerprint density at radius 1 is 1.13 bits per heavy atom. The normalized spacial score (nSPS) is 11.2. The molecule has 0 amide bonds. The minimum absolute atomic E-state index is 0.256. The highest BCUT2D eigenvalue weighted by Crippen LogP contribution is 2.28. The first kappa shape index (κ1) is 14.9. The van der Waals surface area contributed by atoms with Crippen molar-refractivity contribution >= 4 is 40.0 Å². The van der Waals surface area contributed by atoms with Gasteiger partial charge < -0.3 is 11.1 Å². The van der Waals surface area contributed by atoms with E-state index < -0.39 is 0 Å². The summed E-state index contributed by atoms with van der Waals surface area (Å²) >= 11 is 1.43. The number of nitrogen functional groups attached to an aromatic ring is 1. The molecule has 0 aliphatic rings. The third kappa shape index (κ3) is 3.81. The van der Waals surface area contributed by atoms with Gasteiger partial charge in [0.05, 0.1) is 10.6 Å². The fourth-order valence-corrected chi connectivity index (χ4v) is 2.70. The summed E-state index contributed by atoms with van der Waals surface area (Å²) in [5.74, 6) is 0.256. The lowest BCUT2D eigenvalue weighted by molar-refractivity contribution is -0.102. The Morgan fingerprint density at radius 3 is 2.48 bits per heavy atom. The highest BCUT2D eigenvalue weighted by Gasteiger charge is 2.03.